The second kappa shape index (κ2) is 7.06. The lowest BCUT2D eigenvalue weighted by atomic mass is 10.1. The van der Waals surface area contributed by atoms with E-state index >= 15 is 0 Å². The van der Waals surface area contributed by atoms with Crippen molar-refractivity contribution in [1.29, 1.82) is 0 Å². The van der Waals surface area contributed by atoms with Crippen LogP contribution < -0.4 is 5.32 Å². The molecular formula is C16H17ClN2O. The summed E-state index contributed by atoms with van der Waals surface area (Å²) in [6, 6.07) is 12.9. The van der Waals surface area contributed by atoms with Crippen molar-refractivity contribution in [3.63, 3.8) is 0 Å². The van der Waals surface area contributed by atoms with Gasteiger partial charge in [-0.05, 0) is 42.7 Å². The molecule has 3 nitrogen and oxygen atoms in total. The van der Waals surface area contributed by atoms with Gasteiger partial charge in [-0.1, -0.05) is 43.1 Å². The van der Waals surface area contributed by atoms with E-state index in [-0.39, 0.29) is 5.91 Å². The maximum Gasteiger partial charge on any atom is 0.274 e. The van der Waals surface area contributed by atoms with Gasteiger partial charge < -0.3 is 5.32 Å². The van der Waals surface area contributed by atoms with Crippen LogP contribution in [0, 0.1) is 0 Å². The summed E-state index contributed by atoms with van der Waals surface area (Å²) in [4.78, 5) is 16.0. The number of carbonyl (C=O) groups is 1. The fraction of sp³-hybridized carbons (Fsp3) is 0.250. The van der Waals surface area contributed by atoms with E-state index in [2.05, 4.69) is 17.2 Å². The average Bonchev–Trinajstić information content (AvgIpc) is 2.46. The van der Waals surface area contributed by atoms with Crippen LogP contribution in [0.15, 0.2) is 42.5 Å². The fourth-order valence-electron chi connectivity index (χ4n) is 1.87. The molecule has 1 N–H and O–H groups in total. The van der Waals surface area contributed by atoms with Crippen LogP contribution in [0.2, 0.25) is 5.15 Å². The van der Waals surface area contributed by atoms with Crippen molar-refractivity contribution in [3.05, 3.63) is 58.9 Å². The van der Waals surface area contributed by atoms with E-state index in [0.29, 0.717) is 10.8 Å². The Kier molecular flexibility index (Phi) is 5.13. The summed E-state index contributed by atoms with van der Waals surface area (Å²) >= 11 is 5.77. The van der Waals surface area contributed by atoms with Crippen LogP contribution in [0.25, 0.3) is 0 Å². The van der Waals surface area contributed by atoms with Gasteiger partial charge in [-0.25, -0.2) is 4.98 Å². The van der Waals surface area contributed by atoms with E-state index in [9.17, 15) is 4.79 Å². The lowest BCUT2D eigenvalue weighted by molar-refractivity contribution is 0.102. The summed E-state index contributed by atoms with van der Waals surface area (Å²) in [5, 5.41) is 3.12. The SMILES string of the molecule is CCCCc1ccc(NC(=O)c2cccc(Cl)n2)cc1. The Morgan fingerprint density at radius 2 is 1.95 bits per heavy atom. The molecule has 0 spiro atoms. The molecule has 0 aliphatic rings. The molecule has 1 aromatic carbocycles. The molecular weight excluding hydrogens is 272 g/mol. The number of nitrogens with zero attached hydrogens (tertiary/aromatic N) is 1. The predicted molar refractivity (Wildman–Crippen MR) is 82.3 cm³/mol. The molecule has 2 aromatic rings. The van der Waals surface area contributed by atoms with E-state index in [4.69, 9.17) is 11.6 Å². The summed E-state index contributed by atoms with van der Waals surface area (Å²) in [5.74, 6) is -0.256. The highest BCUT2D eigenvalue weighted by Gasteiger charge is 2.07. The second-order valence-corrected chi connectivity index (χ2v) is 4.99. The third-order valence-electron chi connectivity index (χ3n) is 2.98. The van der Waals surface area contributed by atoms with E-state index < -0.39 is 0 Å². The normalized spacial score (nSPS) is 10.3. The van der Waals surface area contributed by atoms with E-state index in [1.165, 1.54) is 18.4 Å². The molecule has 0 saturated carbocycles. The minimum atomic E-state index is -0.256. The number of halogens is 1. The molecule has 1 aromatic heterocycles. The molecule has 20 heavy (non-hydrogen) atoms. The zero-order valence-electron chi connectivity index (χ0n) is 11.4. The first kappa shape index (κ1) is 14.5. The molecule has 104 valence electrons. The highest BCUT2D eigenvalue weighted by molar-refractivity contribution is 6.29. The van der Waals surface area contributed by atoms with Gasteiger partial charge in [0.25, 0.3) is 5.91 Å². The van der Waals surface area contributed by atoms with Crippen LogP contribution in [-0.2, 0) is 6.42 Å². The minimum absolute atomic E-state index is 0.256. The number of carbonyl (C=O) groups excluding carboxylic acids is 1. The molecule has 2 rings (SSSR count). The Bertz CT molecular complexity index is 581. The molecule has 0 bridgehead atoms. The third kappa shape index (κ3) is 4.07. The Labute approximate surface area is 124 Å². The molecule has 0 saturated heterocycles. The van der Waals surface area contributed by atoms with Crippen molar-refractivity contribution in [2.75, 3.05) is 5.32 Å². The standard InChI is InChI=1S/C16H17ClN2O/c1-2-3-5-12-8-10-13(11-9-12)18-16(20)14-6-4-7-15(17)19-14/h4,6-11H,2-3,5H2,1H3,(H,18,20). The zero-order chi connectivity index (χ0) is 14.4. The quantitative estimate of drug-likeness (QED) is 0.832. The van der Waals surface area contributed by atoms with Crippen LogP contribution in [-0.4, -0.2) is 10.9 Å². The Morgan fingerprint density at radius 3 is 2.60 bits per heavy atom. The highest BCUT2D eigenvalue weighted by Crippen LogP contribution is 2.13. The van der Waals surface area contributed by atoms with Gasteiger partial charge in [0.1, 0.15) is 10.8 Å². The smallest absolute Gasteiger partial charge is 0.274 e. The number of aryl methyl sites for hydroxylation is 1. The van der Waals surface area contributed by atoms with Crippen LogP contribution in [0.1, 0.15) is 35.8 Å². The maximum absolute atomic E-state index is 12.0. The molecule has 0 radical (unpaired) electrons. The van der Waals surface area contributed by atoms with Gasteiger partial charge in [-0.2, -0.15) is 0 Å². The summed E-state index contributed by atoms with van der Waals surface area (Å²) in [5.41, 5.74) is 2.36. The first-order valence-electron chi connectivity index (χ1n) is 6.72. The lowest BCUT2D eigenvalue weighted by Crippen LogP contribution is -2.13. The van der Waals surface area contributed by atoms with Gasteiger partial charge in [-0.15, -0.1) is 0 Å². The van der Waals surface area contributed by atoms with Crippen molar-refractivity contribution in [3.8, 4) is 0 Å². The fourth-order valence-corrected chi connectivity index (χ4v) is 2.03. The van der Waals surface area contributed by atoms with Gasteiger partial charge in [0.2, 0.25) is 0 Å². The Hall–Kier alpha value is -1.87. The van der Waals surface area contributed by atoms with Gasteiger partial charge in [0.05, 0.1) is 0 Å². The number of benzene rings is 1. The first-order chi connectivity index (χ1) is 9.69. The number of hydrogen-bond acceptors (Lipinski definition) is 2. The van der Waals surface area contributed by atoms with Gasteiger partial charge in [0.15, 0.2) is 0 Å². The first-order valence-corrected chi connectivity index (χ1v) is 7.09. The van der Waals surface area contributed by atoms with E-state index in [0.717, 1.165) is 12.1 Å². The topological polar surface area (TPSA) is 42.0 Å². The molecule has 1 amide bonds. The van der Waals surface area contributed by atoms with Crippen molar-refractivity contribution in [2.24, 2.45) is 0 Å². The van der Waals surface area contributed by atoms with Crippen LogP contribution in [0.4, 0.5) is 5.69 Å². The van der Waals surface area contributed by atoms with Crippen LogP contribution in [0.3, 0.4) is 0 Å². The summed E-state index contributed by atoms with van der Waals surface area (Å²) in [7, 11) is 0. The van der Waals surface area contributed by atoms with E-state index in [1.54, 1.807) is 18.2 Å². The Balaban J connectivity index is 2.01. The number of rotatable bonds is 5. The monoisotopic (exact) mass is 288 g/mol. The number of aromatic nitrogens is 1. The molecule has 4 heteroatoms. The maximum atomic E-state index is 12.0. The molecule has 0 aliphatic heterocycles. The number of nitrogens with one attached hydrogen (secondary N) is 1. The summed E-state index contributed by atoms with van der Waals surface area (Å²) in [6.07, 6.45) is 3.43. The lowest BCUT2D eigenvalue weighted by Gasteiger charge is -2.06. The molecule has 0 unspecified atom stereocenters. The second-order valence-electron chi connectivity index (χ2n) is 4.60. The minimum Gasteiger partial charge on any atom is -0.321 e. The van der Waals surface area contributed by atoms with Crippen molar-refractivity contribution in [2.45, 2.75) is 26.2 Å². The number of hydrogen-bond donors (Lipinski definition) is 1. The van der Waals surface area contributed by atoms with Crippen molar-refractivity contribution in [1.82, 2.24) is 4.98 Å². The highest BCUT2D eigenvalue weighted by atomic mass is 35.5. The molecule has 0 fully saturated rings. The molecule has 1 heterocycles. The average molecular weight is 289 g/mol. The summed E-state index contributed by atoms with van der Waals surface area (Å²) in [6.45, 7) is 2.17. The third-order valence-corrected chi connectivity index (χ3v) is 3.19. The van der Waals surface area contributed by atoms with Crippen LogP contribution >= 0.6 is 11.6 Å². The van der Waals surface area contributed by atoms with Gasteiger partial charge in [-0.3, -0.25) is 4.79 Å². The van der Waals surface area contributed by atoms with Crippen LogP contribution in [0.5, 0.6) is 0 Å². The van der Waals surface area contributed by atoms with Crippen molar-refractivity contribution < 1.29 is 4.79 Å². The largest absolute Gasteiger partial charge is 0.321 e. The molecule has 0 aliphatic carbocycles. The van der Waals surface area contributed by atoms with E-state index in [1.807, 2.05) is 24.3 Å². The Morgan fingerprint density at radius 1 is 1.20 bits per heavy atom. The number of unbranched alkanes of at least 4 members (excludes halogenated alkanes) is 1. The number of amides is 1. The van der Waals surface area contributed by atoms with Gasteiger partial charge in [0, 0.05) is 5.69 Å². The number of pyridine rings is 1. The van der Waals surface area contributed by atoms with Gasteiger partial charge >= 0.3 is 0 Å². The predicted octanol–water partition coefficient (Wildman–Crippen LogP) is 4.33. The van der Waals surface area contributed by atoms with Crippen molar-refractivity contribution >= 4 is 23.2 Å². The zero-order valence-corrected chi connectivity index (χ0v) is 12.2. The number of anilines is 1. The summed E-state index contributed by atoms with van der Waals surface area (Å²) < 4.78 is 0. The molecule has 0 atom stereocenters.